The minimum absolute atomic E-state index is 0.353. The van der Waals surface area contributed by atoms with Gasteiger partial charge in [-0.3, -0.25) is 0 Å². The predicted molar refractivity (Wildman–Crippen MR) is 66.3 cm³/mol. The molecular formula is C14H14O3. The highest BCUT2D eigenvalue weighted by Gasteiger charge is 2.04. The lowest BCUT2D eigenvalue weighted by molar-refractivity contribution is -0.114. The standard InChI is InChI=1S/C14H14O3/c1-17-14-5-4-11-6-10(7-13(16)9-15)2-3-12(11)8-14/h2-6,8-9,13,16H,7H2,1H3. The second-order valence-corrected chi connectivity index (χ2v) is 3.95. The van der Waals surface area contributed by atoms with Crippen molar-refractivity contribution in [1.82, 2.24) is 0 Å². The van der Waals surface area contributed by atoms with Crippen molar-refractivity contribution in [3.63, 3.8) is 0 Å². The Balaban J connectivity index is 2.34. The Kier molecular flexibility index (Phi) is 3.40. The quantitative estimate of drug-likeness (QED) is 0.816. The third-order valence-corrected chi connectivity index (χ3v) is 2.71. The average Bonchev–Trinajstić information content (AvgIpc) is 2.38. The van der Waals surface area contributed by atoms with Gasteiger partial charge in [0.05, 0.1) is 7.11 Å². The molecule has 0 heterocycles. The molecule has 0 fully saturated rings. The lowest BCUT2D eigenvalue weighted by atomic mass is 10.0. The van der Waals surface area contributed by atoms with Gasteiger partial charge in [0, 0.05) is 6.42 Å². The molecule has 0 radical (unpaired) electrons. The number of carbonyl (C=O) groups excluding carboxylic acids is 1. The van der Waals surface area contributed by atoms with Crippen LogP contribution in [0, 0.1) is 0 Å². The Bertz CT molecular complexity index is 534. The van der Waals surface area contributed by atoms with E-state index in [4.69, 9.17) is 4.74 Å². The van der Waals surface area contributed by atoms with E-state index in [-0.39, 0.29) is 0 Å². The molecule has 0 aliphatic heterocycles. The van der Waals surface area contributed by atoms with Gasteiger partial charge in [-0.1, -0.05) is 24.3 Å². The fourth-order valence-electron chi connectivity index (χ4n) is 1.82. The fraction of sp³-hybridized carbons (Fsp3) is 0.214. The number of benzene rings is 2. The molecule has 2 aromatic carbocycles. The van der Waals surface area contributed by atoms with Gasteiger partial charge in [0.2, 0.25) is 0 Å². The molecule has 0 amide bonds. The van der Waals surface area contributed by atoms with E-state index in [1.807, 2.05) is 36.4 Å². The average molecular weight is 230 g/mol. The van der Waals surface area contributed by atoms with Crippen molar-refractivity contribution >= 4 is 17.1 Å². The van der Waals surface area contributed by atoms with Crippen LogP contribution in [0.15, 0.2) is 36.4 Å². The van der Waals surface area contributed by atoms with Crippen molar-refractivity contribution in [2.75, 3.05) is 7.11 Å². The van der Waals surface area contributed by atoms with Crippen LogP contribution < -0.4 is 4.74 Å². The number of methoxy groups -OCH3 is 1. The Hall–Kier alpha value is -1.87. The highest BCUT2D eigenvalue weighted by molar-refractivity contribution is 5.84. The molecule has 1 N–H and O–H groups in total. The normalized spacial score (nSPS) is 12.4. The van der Waals surface area contributed by atoms with E-state index in [0.29, 0.717) is 12.7 Å². The van der Waals surface area contributed by atoms with E-state index in [0.717, 1.165) is 22.1 Å². The molecule has 0 bridgehead atoms. The van der Waals surface area contributed by atoms with Crippen molar-refractivity contribution < 1.29 is 14.6 Å². The first-order valence-corrected chi connectivity index (χ1v) is 5.43. The Labute approximate surface area is 99.6 Å². The summed E-state index contributed by atoms with van der Waals surface area (Å²) in [6, 6.07) is 11.7. The maximum absolute atomic E-state index is 10.4. The fourth-order valence-corrected chi connectivity index (χ4v) is 1.82. The number of carbonyl (C=O) groups is 1. The molecule has 0 aliphatic rings. The highest BCUT2D eigenvalue weighted by atomic mass is 16.5. The number of rotatable bonds is 4. The topological polar surface area (TPSA) is 46.5 Å². The van der Waals surface area contributed by atoms with Gasteiger partial charge in [-0.2, -0.15) is 0 Å². The lowest BCUT2D eigenvalue weighted by Gasteiger charge is -2.06. The monoisotopic (exact) mass is 230 g/mol. The zero-order chi connectivity index (χ0) is 12.3. The summed E-state index contributed by atoms with van der Waals surface area (Å²) < 4.78 is 5.15. The molecule has 3 nitrogen and oxygen atoms in total. The van der Waals surface area contributed by atoms with E-state index < -0.39 is 6.10 Å². The smallest absolute Gasteiger partial charge is 0.148 e. The van der Waals surface area contributed by atoms with Gasteiger partial charge < -0.3 is 14.6 Å². The Morgan fingerprint density at radius 2 is 1.94 bits per heavy atom. The Morgan fingerprint density at radius 1 is 1.24 bits per heavy atom. The van der Waals surface area contributed by atoms with Gasteiger partial charge in [-0.25, -0.2) is 0 Å². The van der Waals surface area contributed by atoms with Gasteiger partial charge in [0.25, 0.3) is 0 Å². The predicted octanol–water partition coefficient (Wildman–Crippen LogP) is 1.95. The molecule has 0 spiro atoms. The summed E-state index contributed by atoms with van der Waals surface area (Å²) in [5.41, 5.74) is 0.947. The summed E-state index contributed by atoms with van der Waals surface area (Å²) >= 11 is 0. The third kappa shape index (κ3) is 2.63. The molecule has 3 heteroatoms. The molecule has 1 atom stereocenters. The third-order valence-electron chi connectivity index (χ3n) is 2.71. The number of ether oxygens (including phenoxy) is 1. The molecule has 0 saturated heterocycles. The van der Waals surface area contributed by atoms with E-state index >= 15 is 0 Å². The van der Waals surface area contributed by atoms with Crippen LogP contribution in [0.5, 0.6) is 5.75 Å². The SMILES string of the molecule is COc1ccc2cc(CC(O)C=O)ccc2c1. The second kappa shape index (κ2) is 4.97. The van der Waals surface area contributed by atoms with Crippen molar-refractivity contribution in [2.24, 2.45) is 0 Å². The summed E-state index contributed by atoms with van der Waals surface area (Å²) in [5.74, 6) is 0.818. The van der Waals surface area contributed by atoms with Gasteiger partial charge in [0.15, 0.2) is 0 Å². The minimum Gasteiger partial charge on any atom is -0.497 e. The van der Waals surface area contributed by atoms with Crippen LogP contribution in [0.4, 0.5) is 0 Å². The molecule has 0 saturated carbocycles. The van der Waals surface area contributed by atoms with Gasteiger partial charge in [-0.05, 0) is 28.5 Å². The Morgan fingerprint density at radius 3 is 2.65 bits per heavy atom. The van der Waals surface area contributed by atoms with Crippen LogP contribution in [-0.4, -0.2) is 24.6 Å². The largest absolute Gasteiger partial charge is 0.497 e. The molecule has 0 aliphatic carbocycles. The zero-order valence-corrected chi connectivity index (χ0v) is 9.59. The van der Waals surface area contributed by atoms with Gasteiger partial charge >= 0.3 is 0 Å². The van der Waals surface area contributed by atoms with Crippen LogP contribution in [0.25, 0.3) is 10.8 Å². The maximum atomic E-state index is 10.4. The summed E-state index contributed by atoms with van der Waals surface area (Å²) in [6.45, 7) is 0. The second-order valence-electron chi connectivity index (χ2n) is 3.95. The number of hydrogen-bond acceptors (Lipinski definition) is 3. The molecule has 17 heavy (non-hydrogen) atoms. The summed E-state index contributed by atoms with van der Waals surface area (Å²) in [5, 5.41) is 11.4. The van der Waals surface area contributed by atoms with Crippen molar-refractivity contribution in [3.8, 4) is 5.75 Å². The van der Waals surface area contributed by atoms with Crippen LogP contribution in [-0.2, 0) is 11.2 Å². The molecule has 0 aromatic heterocycles. The van der Waals surface area contributed by atoms with Crippen LogP contribution in [0.1, 0.15) is 5.56 Å². The minimum atomic E-state index is -0.925. The lowest BCUT2D eigenvalue weighted by Crippen LogP contribution is -2.11. The summed E-state index contributed by atoms with van der Waals surface area (Å²) in [7, 11) is 1.63. The van der Waals surface area contributed by atoms with Gasteiger partial charge in [-0.15, -0.1) is 0 Å². The number of fused-ring (bicyclic) bond motifs is 1. The van der Waals surface area contributed by atoms with E-state index in [2.05, 4.69) is 0 Å². The van der Waals surface area contributed by atoms with Crippen molar-refractivity contribution in [2.45, 2.75) is 12.5 Å². The maximum Gasteiger partial charge on any atom is 0.148 e. The van der Waals surface area contributed by atoms with Crippen LogP contribution >= 0.6 is 0 Å². The number of hydrogen-bond donors (Lipinski definition) is 1. The molecular weight excluding hydrogens is 216 g/mol. The van der Waals surface area contributed by atoms with E-state index in [9.17, 15) is 9.90 Å². The van der Waals surface area contributed by atoms with E-state index in [1.54, 1.807) is 7.11 Å². The van der Waals surface area contributed by atoms with Crippen LogP contribution in [0.3, 0.4) is 0 Å². The van der Waals surface area contributed by atoms with E-state index in [1.165, 1.54) is 0 Å². The number of aldehydes is 1. The highest BCUT2D eigenvalue weighted by Crippen LogP contribution is 2.22. The first kappa shape index (κ1) is 11.6. The first-order chi connectivity index (χ1) is 8.22. The molecule has 2 aromatic rings. The molecule has 2 rings (SSSR count). The van der Waals surface area contributed by atoms with Crippen molar-refractivity contribution in [1.29, 1.82) is 0 Å². The van der Waals surface area contributed by atoms with Crippen LogP contribution in [0.2, 0.25) is 0 Å². The van der Waals surface area contributed by atoms with Crippen molar-refractivity contribution in [3.05, 3.63) is 42.0 Å². The summed E-state index contributed by atoms with van der Waals surface area (Å²) in [4.78, 5) is 10.4. The molecule has 1 unspecified atom stereocenters. The molecule has 88 valence electrons. The number of aliphatic hydroxyl groups excluding tert-OH is 1. The van der Waals surface area contributed by atoms with Gasteiger partial charge in [0.1, 0.15) is 18.1 Å². The first-order valence-electron chi connectivity index (χ1n) is 5.43. The summed E-state index contributed by atoms with van der Waals surface area (Å²) in [6.07, 6.45) is -0.0188. The zero-order valence-electron chi connectivity index (χ0n) is 9.59. The number of aliphatic hydroxyl groups is 1.